The summed E-state index contributed by atoms with van der Waals surface area (Å²) in [7, 11) is 1.60. The summed E-state index contributed by atoms with van der Waals surface area (Å²) in [6, 6.07) is 9.75. The second-order valence-electron chi connectivity index (χ2n) is 6.08. The average Bonchev–Trinajstić information content (AvgIpc) is 3.39. The van der Waals surface area contributed by atoms with Crippen molar-refractivity contribution in [3.05, 3.63) is 30.6 Å². The molecule has 2 aromatic rings. The lowest BCUT2D eigenvalue weighted by Gasteiger charge is -2.22. The standard InChI is InChI=1S/C17H19N5O2S/c1-17(10-18,12-7-8-12)20-15(23)9-25-16-21-19-11-22(16)13-5-3-4-6-14(13)24-2/h3-6,11-12H,7-9H2,1-2H3,(H,20,23). The number of aromatic nitrogens is 3. The molecule has 3 rings (SSSR count). The number of hydrogen-bond donors (Lipinski definition) is 1. The van der Waals surface area contributed by atoms with E-state index in [-0.39, 0.29) is 17.6 Å². The van der Waals surface area contributed by atoms with E-state index in [4.69, 9.17) is 4.74 Å². The van der Waals surface area contributed by atoms with Gasteiger partial charge in [0.25, 0.3) is 0 Å². The zero-order valence-electron chi connectivity index (χ0n) is 14.1. The summed E-state index contributed by atoms with van der Waals surface area (Å²) in [5.74, 6) is 0.927. The van der Waals surface area contributed by atoms with Gasteiger partial charge in [-0.1, -0.05) is 23.9 Å². The molecule has 0 radical (unpaired) electrons. The molecule has 1 aromatic carbocycles. The number of carbonyl (C=O) groups excluding carboxylic acids is 1. The summed E-state index contributed by atoms with van der Waals surface area (Å²) >= 11 is 1.27. The molecule has 0 saturated heterocycles. The van der Waals surface area contributed by atoms with Gasteiger partial charge in [0.1, 0.15) is 17.6 Å². The van der Waals surface area contributed by atoms with Crippen LogP contribution in [0.5, 0.6) is 5.75 Å². The SMILES string of the molecule is COc1ccccc1-n1cnnc1SCC(=O)NC(C)(C#N)C1CC1. The van der Waals surface area contributed by atoms with Gasteiger partial charge in [-0.3, -0.25) is 9.36 Å². The van der Waals surface area contributed by atoms with Gasteiger partial charge in [-0.15, -0.1) is 10.2 Å². The third kappa shape index (κ3) is 3.77. The van der Waals surface area contributed by atoms with Crippen molar-refractivity contribution in [2.75, 3.05) is 12.9 Å². The number of hydrogen-bond acceptors (Lipinski definition) is 6. The van der Waals surface area contributed by atoms with E-state index >= 15 is 0 Å². The molecule has 1 atom stereocenters. The van der Waals surface area contributed by atoms with Crippen LogP contribution in [0.3, 0.4) is 0 Å². The summed E-state index contributed by atoms with van der Waals surface area (Å²) in [5.41, 5.74) is 0.0197. The quantitative estimate of drug-likeness (QED) is 0.764. The van der Waals surface area contributed by atoms with Crippen LogP contribution in [0.1, 0.15) is 19.8 Å². The number of para-hydroxylation sites is 2. The lowest BCUT2D eigenvalue weighted by atomic mass is 9.98. The Bertz CT molecular complexity index is 811. The summed E-state index contributed by atoms with van der Waals surface area (Å²) in [4.78, 5) is 12.3. The van der Waals surface area contributed by atoms with E-state index in [2.05, 4.69) is 21.6 Å². The van der Waals surface area contributed by atoms with Crippen LogP contribution >= 0.6 is 11.8 Å². The third-order valence-electron chi connectivity index (χ3n) is 4.22. The highest BCUT2D eigenvalue weighted by atomic mass is 32.2. The van der Waals surface area contributed by atoms with Crippen LogP contribution in [0.15, 0.2) is 35.7 Å². The highest BCUT2D eigenvalue weighted by Gasteiger charge is 2.42. The predicted octanol–water partition coefficient (Wildman–Crippen LogP) is 2.18. The van der Waals surface area contributed by atoms with Gasteiger partial charge in [-0.2, -0.15) is 5.26 Å². The minimum atomic E-state index is -0.784. The summed E-state index contributed by atoms with van der Waals surface area (Å²) in [6.07, 6.45) is 3.56. The van der Waals surface area contributed by atoms with Crippen molar-refractivity contribution in [1.82, 2.24) is 20.1 Å². The van der Waals surface area contributed by atoms with Crippen LogP contribution in [0.25, 0.3) is 5.69 Å². The maximum atomic E-state index is 12.3. The van der Waals surface area contributed by atoms with Gasteiger partial charge in [-0.05, 0) is 37.8 Å². The fraction of sp³-hybridized carbons (Fsp3) is 0.412. The minimum absolute atomic E-state index is 0.165. The van der Waals surface area contributed by atoms with Crippen molar-refractivity contribution in [2.24, 2.45) is 5.92 Å². The molecule has 1 saturated carbocycles. The van der Waals surface area contributed by atoms with Crippen molar-refractivity contribution in [2.45, 2.75) is 30.5 Å². The molecule has 1 aromatic heterocycles. The van der Waals surface area contributed by atoms with Gasteiger partial charge in [0.2, 0.25) is 5.91 Å². The first-order valence-corrected chi connectivity index (χ1v) is 8.94. The Morgan fingerprint density at radius 2 is 2.28 bits per heavy atom. The molecule has 1 N–H and O–H groups in total. The van der Waals surface area contributed by atoms with E-state index in [1.165, 1.54) is 11.8 Å². The maximum absolute atomic E-state index is 12.3. The van der Waals surface area contributed by atoms with Gasteiger partial charge in [-0.25, -0.2) is 0 Å². The van der Waals surface area contributed by atoms with E-state index in [0.29, 0.717) is 10.9 Å². The monoisotopic (exact) mass is 357 g/mol. The first-order valence-electron chi connectivity index (χ1n) is 7.96. The van der Waals surface area contributed by atoms with Gasteiger partial charge >= 0.3 is 0 Å². The molecule has 7 nitrogen and oxygen atoms in total. The molecule has 130 valence electrons. The minimum Gasteiger partial charge on any atom is -0.495 e. The third-order valence-corrected chi connectivity index (χ3v) is 5.16. The van der Waals surface area contributed by atoms with Crippen LogP contribution in [0, 0.1) is 17.2 Å². The fourth-order valence-electron chi connectivity index (χ4n) is 2.65. The van der Waals surface area contributed by atoms with Crippen molar-refractivity contribution < 1.29 is 9.53 Å². The highest BCUT2D eigenvalue weighted by molar-refractivity contribution is 7.99. The Balaban J connectivity index is 1.68. The number of methoxy groups -OCH3 is 1. The zero-order chi connectivity index (χ0) is 17.9. The first kappa shape index (κ1) is 17.3. The Morgan fingerprint density at radius 1 is 1.52 bits per heavy atom. The molecule has 1 amide bonds. The number of carbonyl (C=O) groups is 1. The smallest absolute Gasteiger partial charge is 0.231 e. The van der Waals surface area contributed by atoms with Gasteiger partial charge < -0.3 is 10.1 Å². The summed E-state index contributed by atoms with van der Waals surface area (Å²) in [5, 5.41) is 20.8. The van der Waals surface area contributed by atoms with Gasteiger partial charge in [0, 0.05) is 0 Å². The van der Waals surface area contributed by atoms with E-state index in [9.17, 15) is 10.1 Å². The lowest BCUT2D eigenvalue weighted by Crippen LogP contribution is -2.47. The number of thioether (sulfide) groups is 1. The molecule has 1 unspecified atom stereocenters. The molecule has 0 spiro atoms. The molecular weight excluding hydrogens is 338 g/mol. The first-order chi connectivity index (χ1) is 12.1. The molecule has 0 aliphatic heterocycles. The molecule has 1 aliphatic rings. The van der Waals surface area contributed by atoms with Crippen LogP contribution < -0.4 is 10.1 Å². The normalized spacial score (nSPS) is 15.9. The van der Waals surface area contributed by atoms with Crippen molar-refractivity contribution in [1.29, 1.82) is 5.26 Å². The zero-order valence-corrected chi connectivity index (χ0v) is 14.9. The van der Waals surface area contributed by atoms with Crippen LogP contribution in [-0.2, 0) is 4.79 Å². The van der Waals surface area contributed by atoms with Gasteiger partial charge in [0.05, 0.1) is 24.6 Å². The molecule has 25 heavy (non-hydrogen) atoms. The second-order valence-corrected chi connectivity index (χ2v) is 7.02. The second kappa shape index (κ2) is 7.15. The molecule has 8 heteroatoms. The van der Waals surface area contributed by atoms with Gasteiger partial charge in [0.15, 0.2) is 5.16 Å². The molecule has 1 heterocycles. The Kier molecular flexibility index (Phi) is 4.95. The number of rotatable bonds is 7. The lowest BCUT2D eigenvalue weighted by molar-refractivity contribution is -0.119. The molecule has 0 bridgehead atoms. The average molecular weight is 357 g/mol. The molecule has 1 aliphatic carbocycles. The number of amides is 1. The number of nitrogens with one attached hydrogen (secondary N) is 1. The number of nitrogens with zero attached hydrogens (tertiary/aromatic N) is 4. The summed E-state index contributed by atoms with van der Waals surface area (Å²) < 4.78 is 7.14. The Hall–Kier alpha value is -2.53. The van der Waals surface area contributed by atoms with E-state index in [1.807, 2.05) is 24.3 Å². The Morgan fingerprint density at radius 3 is 2.96 bits per heavy atom. The highest BCUT2D eigenvalue weighted by Crippen LogP contribution is 2.39. The van der Waals surface area contributed by atoms with Crippen molar-refractivity contribution >= 4 is 17.7 Å². The molecular formula is C17H19N5O2S. The maximum Gasteiger partial charge on any atom is 0.231 e. The van der Waals surface area contributed by atoms with Crippen LogP contribution in [0.4, 0.5) is 0 Å². The molecule has 1 fully saturated rings. The number of benzene rings is 1. The number of ether oxygens (including phenoxy) is 1. The van der Waals surface area contributed by atoms with Crippen molar-refractivity contribution in [3.8, 4) is 17.5 Å². The van der Waals surface area contributed by atoms with Crippen molar-refractivity contribution in [3.63, 3.8) is 0 Å². The van der Waals surface area contributed by atoms with E-state index in [1.54, 1.807) is 24.9 Å². The fourth-order valence-corrected chi connectivity index (χ4v) is 3.38. The van der Waals surface area contributed by atoms with Crippen LogP contribution in [-0.4, -0.2) is 39.1 Å². The Labute approximate surface area is 150 Å². The topological polar surface area (TPSA) is 92.8 Å². The van der Waals surface area contributed by atoms with E-state index < -0.39 is 5.54 Å². The number of nitriles is 1. The van der Waals surface area contributed by atoms with E-state index in [0.717, 1.165) is 18.5 Å². The summed E-state index contributed by atoms with van der Waals surface area (Å²) in [6.45, 7) is 1.78. The van der Waals surface area contributed by atoms with Crippen LogP contribution in [0.2, 0.25) is 0 Å². The predicted molar refractivity (Wildman–Crippen MR) is 93.5 cm³/mol. The largest absolute Gasteiger partial charge is 0.495 e.